The molecule has 2 heterocycles. The highest BCUT2D eigenvalue weighted by molar-refractivity contribution is 5.81. The number of aromatic nitrogens is 3. The smallest absolute Gasteiger partial charge is 0.407 e. The zero-order valence-electron chi connectivity index (χ0n) is 14.4. The van der Waals surface area contributed by atoms with E-state index in [2.05, 4.69) is 20.7 Å². The van der Waals surface area contributed by atoms with Gasteiger partial charge in [0.15, 0.2) is 5.65 Å². The summed E-state index contributed by atoms with van der Waals surface area (Å²) in [5, 5.41) is 11.4. The van der Waals surface area contributed by atoms with Crippen LogP contribution in [0.4, 0.5) is 10.5 Å². The highest BCUT2D eigenvalue weighted by Crippen LogP contribution is 2.19. The molecule has 0 unspecified atom stereocenters. The Bertz CT molecular complexity index is 688. The normalized spacial score (nSPS) is 11.5. The Morgan fingerprint density at radius 1 is 1.35 bits per heavy atom. The number of fused-ring (bicyclic) bond motifs is 1. The number of carbonyl (C=O) groups excluding carboxylic acids is 1. The van der Waals surface area contributed by atoms with Crippen LogP contribution in [0.25, 0.3) is 11.0 Å². The van der Waals surface area contributed by atoms with Crippen LogP contribution in [-0.4, -0.2) is 39.5 Å². The third-order valence-electron chi connectivity index (χ3n) is 3.21. The molecule has 0 atom stereocenters. The molecule has 0 saturated heterocycles. The van der Waals surface area contributed by atoms with Crippen molar-refractivity contribution >= 4 is 22.8 Å². The zero-order valence-corrected chi connectivity index (χ0v) is 14.4. The minimum Gasteiger partial charge on any atom is -0.444 e. The average Bonchev–Trinajstić information content (AvgIpc) is 2.71. The number of nitrogens with zero attached hydrogens (tertiary/aromatic N) is 3. The summed E-state index contributed by atoms with van der Waals surface area (Å²) >= 11 is 0. The van der Waals surface area contributed by atoms with Gasteiger partial charge in [-0.25, -0.2) is 9.78 Å². The average molecular weight is 319 g/mol. The first kappa shape index (κ1) is 17.1. The molecule has 0 radical (unpaired) electrons. The van der Waals surface area contributed by atoms with Crippen LogP contribution in [0.2, 0.25) is 0 Å². The van der Waals surface area contributed by atoms with E-state index in [4.69, 9.17) is 4.74 Å². The van der Waals surface area contributed by atoms with Gasteiger partial charge in [-0.2, -0.15) is 5.10 Å². The number of hydrogen-bond donors (Lipinski definition) is 2. The van der Waals surface area contributed by atoms with Gasteiger partial charge < -0.3 is 15.4 Å². The predicted molar refractivity (Wildman–Crippen MR) is 90.6 cm³/mol. The highest BCUT2D eigenvalue weighted by Gasteiger charge is 2.15. The van der Waals surface area contributed by atoms with E-state index in [1.165, 1.54) is 0 Å². The number of aryl methyl sites for hydroxylation is 2. The lowest BCUT2D eigenvalue weighted by atomic mass is 10.2. The number of alkyl carbamates (subject to hydrolysis) is 1. The second-order valence-corrected chi connectivity index (χ2v) is 6.51. The Hall–Kier alpha value is -2.31. The van der Waals surface area contributed by atoms with Crippen molar-refractivity contribution in [3.63, 3.8) is 0 Å². The summed E-state index contributed by atoms with van der Waals surface area (Å²) in [7, 11) is 1.89. The third-order valence-corrected chi connectivity index (χ3v) is 3.21. The molecule has 0 aromatic carbocycles. The quantitative estimate of drug-likeness (QED) is 0.828. The Morgan fingerprint density at radius 3 is 2.78 bits per heavy atom. The van der Waals surface area contributed by atoms with Crippen LogP contribution in [0.3, 0.4) is 0 Å². The van der Waals surface area contributed by atoms with Crippen LogP contribution in [0.1, 0.15) is 32.9 Å². The molecule has 126 valence electrons. The van der Waals surface area contributed by atoms with E-state index in [9.17, 15) is 4.79 Å². The summed E-state index contributed by atoms with van der Waals surface area (Å²) in [5.74, 6) is 0. The summed E-state index contributed by atoms with van der Waals surface area (Å²) in [6.45, 7) is 8.80. The van der Waals surface area contributed by atoms with Gasteiger partial charge in [0.2, 0.25) is 0 Å². The van der Waals surface area contributed by atoms with Crippen molar-refractivity contribution < 1.29 is 9.53 Å². The molecule has 2 aromatic heterocycles. The number of anilines is 1. The fraction of sp³-hybridized carbons (Fsp3) is 0.562. The van der Waals surface area contributed by atoms with E-state index in [0.29, 0.717) is 6.54 Å². The lowest BCUT2D eigenvalue weighted by Gasteiger charge is -2.19. The summed E-state index contributed by atoms with van der Waals surface area (Å²) in [5.41, 5.74) is 2.32. The minimum atomic E-state index is -0.467. The van der Waals surface area contributed by atoms with Gasteiger partial charge in [-0.3, -0.25) is 4.68 Å². The molecule has 2 N–H and O–H groups in total. The lowest BCUT2D eigenvalue weighted by molar-refractivity contribution is 0.0528. The molecule has 23 heavy (non-hydrogen) atoms. The maximum atomic E-state index is 11.5. The first-order valence-corrected chi connectivity index (χ1v) is 7.76. The van der Waals surface area contributed by atoms with Crippen molar-refractivity contribution in [1.29, 1.82) is 0 Å². The van der Waals surface area contributed by atoms with Gasteiger partial charge in [0, 0.05) is 25.5 Å². The summed E-state index contributed by atoms with van der Waals surface area (Å²) in [4.78, 5) is 15.9. The van der Waals surface area contributed by atoms with Crippen molar-refractivity contribution in [2.45, 2.75) is 39.7 Å². The Kier molecular flexibility index (Phi) is 5.08. The van der Waals surface area contributed by atoms with Gasteiger partial charge in [-0.1, -0.05) is 0 Å². The van der Waals surface area contributed by atoms with Crippen LogP contribution in [-0.2, 0) is 11.8 Å². The second-order valence-electron chi connectivity index (χ2n) is 6.51. The third kappa shape index (κ3) is 4.84. The van der Waals surface area contributed by atoms with E-state index < -0.39 is 5.60 Å². The number of hydrogen-bond acceptors (Lipinski definition) is 5. The van der Waals surface area contributed by atoms with Crippen LogP contribution >= 0.6 is 0 Å². The molecule has 0 fully saturated rings. The molecule has 7 heteroatoms. The first-order valence-electron chi connectivity index (χ1n) is 7.76. The summed E-state index contributed by atoms with van der Waals surface area (Å²) in [6, 6.07) is 2.05. The molecule has 7 nitrogen and oxygen atoms in total. The molecule has 2 aromatic rings. The van der Waals surface area contributed by atoms with Gasteiger partial charge in [0.05, 0.1) is 17.6 Å². The first-order chi connectivity index (χ1) is 10.8. The Balaban J connectivity index is 1.76. The lowest BCUT2D eigenvalue weighted by Crippen LogP contribution is -2.33. The second kappa shape index (κ2) is 6.85. The molecule has 1 amide bonds. The number of rotatable bonds is 5. The largest absolute Gasteiger partial charge is 0.444 e. The van der Waals surface area contributed by atoms with E-state index in [1.54, 1.807) is 10.9 Å². The SMILES string of the molecule is Cc1nn(C)c2ncc(NCCCNC(=O)OC(C)(C)C)cc12. The van der Waals surface area contributed by atoms with Crippen molar-refractivity contribution in [2.75, 3.05) is 18.4 Å². The van der Waals surface area contributed by atoms with E-state index in [-0.39, 0.29) is 6.09 Å². The molecule has 0 aliphatic carbocycles. The van der Waals surface area contributed by atoms with E-state index >= 15 is 0 Å². The van der Waals surface area contributed by atoms with Crippen molar-refractivity contribution in [1.82, 2.24) is 20.1 Å². The molecule has 0 spiro atoms. The van der Waals surface area contributed by atoms with E-state index in [0.717, 1.165) is 35.4 Å². The predicted octanol–water partition coefficient (Wildman–Crippen LogP) is 2.60. The monoisotopic (exact) mass is 319 g/mol. The van der Waals surface area contributed by atoms with Gasteiger partial charge in [-0.05, 0) is 40.2 Å². The van der Waals surface area contributed by atoms with Crippen molar-refractivity contribution in [3.05, 3.63) is 18.0 Å². The molecule has 2 rings (SSSR count). The Labute approximate surface area is 136 Å². The van der Waals surface area contributed by atoms with Crippen LogP contribution in [0, 0.1) is 6.92 Å². The van der Waals surface area contributed by atoms with Crippen LogP contribution < -0.4 is 10.6 Å². The van der Waals surface area contributed by atoms with Gasteiger partial charge in [-0.15, -0.1) is 0 Å². The Morgan fingerprint density at radius 2 is 2.09 bits per heavy atom. The minimum absolute atomic E-state index is 0.383. The number of ether oxygens (including phenoxy) is 1. The maximum absolute atomic E-state index is 11.5. The summed E-state index contributed by atoms with van der Waals surface area (Å²) in [6.07, 6.45) is 2.21. The fourth-order valence-electron chi connectivity index (χ4n) is 2.23. The van der Waals surface area contributed by atoms with Gasteiger partial charge in [0.25, 0.3) is 0 Å². The molecular formula is C16H25N5O2. The molecule has 0 aliphatic rings. The standard InChI is InChI=1S/C16H25N5O2/c1-11-13-9-12(10-19-14(13)21(5)20-11)17-7-6-8-18-15(22)23-16(2,3)4/h9-10,17H,6-8H2,1-5H3,(H,18,22). The summed E-state index contributed by atoms with van der Waals surface area (Å²) < 4.78 is 6.95. The molecule has 0 saturated carbocycles. The number of nitrogens with one attached hydrogen (secondary N) is 2. The molecule has 0 bridgehead atoms. The highest BCUT2D eigenvalue weighted by atomic mass is 16.6. The number of carbonyl (C=O) groups is 1. The molecular weight excluding hydrogens is 294 g/mol. The van der Waals surface area contributed by atoms with Crippen LogP contribution in [0.15, 0.2) is 12.3 Å². The number of pyridine rings is 1. The fourth-order valence-corrected chi connectivity index (χ4v) is 2.23. The zero-order chi connectivity index (χ0) is 17.0. The molecule has 0 aliphatic heterocycles. The van der Waals surface area contributed by atoms with Crippen LogP contribution in [0.5, 0.6) is 0 Å². The maximum Gasteiger partial charge on any atom is 0.407 e. The number of amides is 1. The van der Waals surface area contributed by atoms with Crippen molar-refractivity contribution in [2.24, 2.45) is 7.05 Å². The van der Waals surface area contributed by atoms with E-state index in [1.807, 2.05) is 40.8 Å². The van der Waals surface area contributed by atoms with Gasteiger partial charge >= 0.3 is 6.09 Å². The topological polar surface area (TPSA) is 81.1 Å². The van der Waals surface area contributed by atoms with Crippen molar-refractivity contribution in [3.8, 4) is 0 Å². The van der Waals surface area contributed by atoms with Gasteiger partial charge in [0.1, 0.15) is 5.60 Å².